The molecular formula is C9H17N5O3. The summed E-state index contributed by atoms with van der Waals surface area (Å²) >= 11 is 0. The largest absolute Gasteiger partial charge is 0.490 e. The molecule has 0 aliphatic rings. The third-order valence-electron chi connectivity index (χ3n) is 2.07. The van der Waals surface area contributed by atoms with E-state index in [9.17, 15) is 0 Å². The van der Waals surface area contributed by atoms with Gasteiger partial charge in [-0.1, -0.05) is 0 Å². The Morgan fingerprint density at radius 3 is 2.65 bits per heavy atom. The first-order valence-electron chi connectivity index (χ1n) is 4.98. The highest BCUT2D eigenvalue weighted by atomic mass is 16.5. The van der Waals surface area contributed by atoms with Gasteiger partial charge in [0.05, 0.1) is 26.4 Å². The number of nitrogen functional groups attached to an aromatic ring is 1. The van der Waals surface area contributed by atoms with E-state index in [0.717, 1.165) is 0 Å². The molecule has 8 heteroatoms. The predicted molar refractivity (Wildman–Crippen MR) is 62.8 cm³/mol. The van der Waals surface area contributed by atoms with E-state index < -0.39 is 0 Å². The standard InChI is InChI=1S/C9H17N5O3/c1-16-4-6(3-15)13-8-7(17-2)9(14-10)12-5-11-8/h5-6,15H,3-4,10H2,1-2H3,(H2,11,12,13,14). The van der Waals surface area contributed by atoms with Gasteiger partial charge >= 0.3 is 0 Å². The molecule has 1 aromatic rings. The minimum Gasteiger partial charge on any atom is -0.490 e. The molecule has 17 heavy (non-hydrogen) atoms. The third kappa shape index (κ3) is 3.41. The van der Waals surface area contributed by atoms with Gasteiger partial charge in [0, 0.05) is 7.11 Å². The van der Waals surface area contributed by atoms with Gasteiger partial charge in [-0.3, -0.25) is 0 Å². The van der Waals surface area contributed by atoms with Crippen molar-refractivity contribution in [1.82, 2.24) is 9.97 Å². The van der Waals surface area contributed by atoms with Crippen molar-refractivity contribution in [3.05, 3.63) is 6.33 Å². The summed E-state index contributed by atoms with van der Waals surface area (Å²) in [5.74, 6) is 6.47. The molecule has 1 aromatic heterocycles. The van der Waals surface area contributed by atoms with Gasteiger partial charge in [-0.25, -0.2) is 15.8 Å². The lowest BCUT2D eigenvalue weighted by Crippen LogP contribution is -2.29. The second kappa shape index (κ2) is 6.84. The number of ether oxygens (including phenoxy) is 2. The van der Waals surface area contributed by atoms with Crippen molar-refractivity contribution in [2.75, 3.05) is 38.2 Å². The van der Waals surface area contributed by atoms with Crippen LogP contribution in [0.25, 0.3) is 0 Å². The molecule has 1 rings (SSSR count). The van der Waals surface area contributed by atoms with E-state index in [1.54, 1.807) is 7.11 Å². The Morgan fingerprint density at radius 1 is 1.41 bits per heavy atom. The first-order valence-corrected chi connectivity index (χ1v) is 4.98. The Balaban J connectivity index is 2.88. The van der Waals surface area contributed by atoms with Crippen LogP contribution in [0.5, 0.6) is 5.75 Å². The number of aliphatic hydroxyl groups excluding tert-OH is 1. The zero-order valence-electron chi connectivity index (χ0n) is 9.80. The SMILES string of the molecule is COCC(CO)Nc1ncnc(NN)c1OC. The summed E-state index contributed by atoms with van der Waals surface area (Å²) in [4.78, 5) is 7.92. The van der Waals surface area contributed by atoms with E-state index in [-0.39, 0.29) is 12.6 Å². The number of rotatable bonds is 7. The second-order valence-electron chi connectivity index (χ2n) is 3.23. The molecule has 1 heterocycles. The zero-order valence-corrected chi connectivity index (χ0v) is 9.80. The molecule has 96 valence electrons. The molecule has 0 radical (unpaired) electrons. The fraction of sp³-hybridized carbons (Fsp3) is 0.556. The van der Waals surface area contributed by atoms with Crippen LogP contribution in [0.2, 0.25) is 0 Å². The van der Waals surface area contributed by atoms with Crippen LogP contribution >= 0.6 is 0 Å². The van der Waals surface area contributed by atoms with Crippen LogP contribution in [0, 0.1) is 0 Å². The average Bonchev–Trinajstić information content (AvgIpc) is 2.37. The maximum atomic E-state index is 9.14. The minimum atomic E-state index is -0.283. The highest BCUT2D eigenvalue weighted by Crippen LogP contribution is 2.28. The highest BCUT2D eigenvalue weighted by Gasteiger charge is 2.15. The van der Waals surface area contributed by atoms with Gasteiger partial charge in [0.25, 0.3) is 0 Å². The number of hydrazine groups is 1. The smallest absolute Gasteiger partial charge is 0.205 e. The van der Waals surface area contributed by atoms with E-state index >= 15 is 0 Å². The number of nitrogens with zero attached hydrogens (tertiary/aromatic N) is 2. The van der Waals surface area contributed by atoms with Gasteiger partial charge in [0.2, 0.25) is 5.75 Å². The van der Waals surface area contributed by atoms with Gasteiger partial charge in [-0.15, -0.1) is 0 Å². The number of nitrogens with two attached hydrogens (primary N) is 1. The Labute approximate surface area is 99.1 Å². The molecule has 5 N–H and O–H groups in total. The predicted octanol–water partition coefficient (Wildman–Crippen LogP) is -0.810. The van der Waals surface area contributed by atoms with E-state index in [4.69, 9.17) is 20.4 Å². The van der Waals surface area contributed by atoms with Gasteiger partial charge in [0.15, 0.2) is 11.6 Å². The summed E-state index contributed by atoms with van der Waals surface area (Å²) in [5.41, 5.74) is 2.40. The van der Waals surface area contributed by atoms with E-state index in [1.165, 1.54) is 13.4 Å². The van der Waals surface area contributed by atoms with Crippen LogP contribution in [-0.2, 0) is 4.74 Å². The topological polar surface area (TPSA) is 115 Å². The molecule has 0 fully saturated rings. The summed E-state index contributed by atoms with van der Waals surface area (Å²) in [6.07, 6.45) is 1.33. The number of anilines is 2. The normalized spacial score (nSPS) is 12.0. The molecule has 0 aromatic carbocycles. The molecule has 0 amide bonds. The van der Waals surface area contributed by atoms with Crippen LogP contribution in [-0.4, -0.2) is 48.5 Å². The number of aliphatic hydroxyl groups is 1. The van der Waals surface area contributed by atoms with Crippen molar-refractivity contribution < 1.29 is 14.6 Å². The number of methoxy groups -OCH3 is 2. The maximum absolute atomic E-state index is 9.14. The van der Waals surface area contributed by atoms with Crippen molar-refractivity contribution >= 4 is 11.6 Å². The minimum absolute atomic E-state index is 0.0909. The fourth-order valence-electron chi connectivity index (χ4n) is 1.31. The summed E-state index contributed by atoms with van der Waals surface area (Å²) in [6.45, 7) is 0.251. The van der Waals surface area contributed by atoms with Crippen LogP contribution in [0.1, 0.15) is 0 Å². The van der Waals surface area contributed by atoms with Gasteiger partial charge < -0.3 is 25.3 Å². The van der Waals surface area contributed by atoms with Crippen molar-refractivity contribution in [2.45, 2.75) is 6.04 Å². The van der Waals surface area contributed by atoms with Crippen LogP contribution in [0.15, 0.2) is 6.33 Å². The number of nitrogens with one attached hydrogen (secondary N) is 2. The number of hydrogen-bond acceptors (Lipinski definition) is 8. The lowest BCUT2D eigenvalue weighted by atomic mass is 10.3. The third-order valence-corrected chi connectivity index (χ3v) is 2.07. The molecule has 8 nitrogen and oxygen atoms in total. The Hall–Kier alpha value is -1.64. The molecular weight excluding hydrogens is 226 g/mol. The molecule has 0 bridgehead atoms. The van der Waals surface area contributed by atoms with Crippen molar-refractivity contribution in [3.8, 4) is 5.75 Å². The molecule has 0 spiro atoms. The summed E-state index contributed by atoms with van der Waals surface area (Å²) in [6, 6.07) is -0.283. The van der Waals surface area contributed by atoms with Crippen LogP contribution < -0.4 is 21.3 Å². The first-order chi connectivity index (χ1) is 8.26. The van der Waals surface area contributed by atoms with Gasteiger partial charge in [-0.2, -0.15) is 0 Å². The fourth-order valence-corrected chi connectivity index (χ4v) is 1.31. The number of aromatic nitrogens is 2. The summed E-state index contributed by atoms with van der Waals surface area (Å²) in [5, 5.41) is 12.1. The lowest BCUT2D eigenvalue weighted by Gasteiger charge is -2.18. The van der Waals surface area contributed by atoms with E-state index in [0.29, 0.717) is 24.0 Å². The van der Waals surface area contributed by atoms with Crippen molar-refractivity contribution in [2.24, 2.45) is 5.84 Å². The molecule has 0 saturated heterocycles. The van der Waals surface area contributed by atoms with Crippen molar-refractivity contribution in [1.29, 1.82) is 0 Å². The molecule has 0 saturated carbocycles. The molecule has 1 unspecified atom stereocenters. The first kappa shape index (κ1) is 13.4. The Kier molecular flexibility index (Phi) is 5.40. The average molecular weight is 243 g/mol. The quantitative estimate of drug-likeness (QED) is 0.363. The highest BCUT2D eigenvalue weighted by molar-refractivity contribution is 5.63. The maximum Gasteiger partial charge on any atom is 0.205 e. The Morgan fingerprint density at radius 2 is 2.12 bits per heavy atom. The molecule has 1 atom stereocenters. The monoisotopic (exact) mass is 243 g/mol. The van der Waals surface area contributed by atoms with E-state index in [2.05, 4.69) is 20.7 Å². The van der Waals surface area contributed by atoms with Crippen molar-refractivity contribution in [3.63, 3.8) is 0 Å². The van der Waals surface area contributed by atoms with Crippen LogP contribution in [0.3, 0.4) is 0 Å². The van der Waals surface area contributed by atoms with Gasteiger partial charge in [0.1, 0.15) is 6.33 Å². The summed E-state index contributed by atoms with van der Waals surface area (Å²) in [7, 11) is 3.03. The molecule has 0 aliphatic heterocycles. The van der Waals surface area contributed by atoms with Gasteiger partial charge in [-0.05, 0) is 0 Å². The lowest BCUT2D eigenvalue weighted by molar-refractivity contribution is 0.153. The summed E-state index contributed by atoms with van der Waals surface area (Å²) < 4.78 is 10.1. The number of hydrogen-bond donors (Lipinski definition) is 4. The zero-order chi connectivity index (χ0) is 12.7. The van der Waals surface area contributed by atoms with Crippen LogP contribution in [0.4, 0.5) is 11.6 Å². The Bertz CT molecular complexity index is 349. The second-order valence-corrected chi connectivity index (χ2v) is 3.23. The van der Waals surface area contributed by atoms with E-state index in [1.807, 2.05) is 0 Å². The molecule has 0 aliphatic carbocycles.